The normalized spacial score (nSPS) is 16.0. The predicted molar refractivity (Wildman–Crippen MR) is 96.3 cm³/mol. The minimum absolute atomic E-state index is 0.0148. The van der Waals surface area contributed by atoms with E-state index in [0.717, 1.165) is 36.1 Å². The molecule has 0 spiro atoms. The summed E-state index contributed by atoms with van der Waals surface area (Å²) in [6.45, 7) is 0.632. The van der Waals surface area contributed by atoms with Crippen molar-refractivity contribution in [2.45, 2.75) is 31.9 Å². The van der Waals surface area contributed by atoms with Crippen molar-refractivity contribution in [2.75, 3.05) is 18.5 Å². The summed E-state index contributed by atoms with van der Waals surface area (Å²) in [7, 11) is 0. The van der Waals surface area contributed by atoms with Crippen molar-refractivity contribution >= 4 is 17.3 Å². The Morgan fingerprint density at radius 1 is 1.33 bits per heavy atom. The van der Waals surface area contributed by atoms with Gasteiger partial charge in [0.15, 0.2) is 0 Å². The fourth-order valence-electron chi connectivity index (χ4n) is 3.27. The molecule has 2 aromatic rings. The Morgan fingerprint density at radius 3 is 2.67 bits per heavy atom. The van der Waals surface area contributed by atoms with Crippen LogP contribution in [0.15, 0.2) is 35.3 Å². The summed E-state index contributed by atoms with van der Waals surface area (Å²) in [4.78, 5) is 12.5. The minimum atomic E-state index is -4.52. The molecule has 1 fully saturated rings. The molecule has 1 aliphatic rings. The first-order valence-electron chi connectivity index (χ1n) is 8.56. The Labute approximate surface area is 158 Å². The molecule has 2 N–H and O–H groups in total. The maximum absolute atomic E-state index is 12.9. The summed E-state index contributed by atoms with van der Waals surface area (Å²) in [5, 5.41) is 16.1. The van der Waals surface area contributed by atoms with Gasteiger partial charge in [0.05, 0.1) is 23.1 Å². The van der Waals surface area contributed by atoms with E-state index >= 15 is 0 Å². The number of rotatable bonds is 6. The standard InChI is InChI=1S/C18H19ClF3N3O2/c19-15-14(23-11-17(7-8-26)5-2-6-17)10-24-25(16(15)27)13-4-1-3-12(9-13)18(20,21)22/h1,3-4,9-10,23,26H,2,5-8,11H2. The van der Waals surface area contributed by atoms with Crippen LogP contribution < -0.4 is 10.9 Å². The first-order valence-corrected chi connectivity index (χ1v) is 8.94. The Balaban J connectivity index is 1.85. The molecule has 0 radical (unpaired) electrons. The maximum atomic E-state index is 12.9. The van der Waals surface area contributed by atoms with Crippen molar-refractivity contribution in [2.24, 2.45) is 5.41 Å². The van der Waals surface area contributed by atoms with Crippen LogP contribution in [0.25, 0.3) is 5.69 Å². The van der Waals surface area contributed by atoms with Crippen molar-refractivity contribution in [1.29, 1.82) is 0 Å². The molecule has 146 valence electrons. The zero-order valence-electron chi connectivity index (χ0n) is 14.4. The molecule has 1 saturated carbocycles. The monoisotopic (exact) mass is 401 g/mol. The van der Waals surface area contributed by atoms with Gasteiger partial charge in [0.2, 0.25) is 0 Å². The van der Waals surface area contributed by atoms with Gasteiger partial charge in [-0.2, -0.15) is 23.0 Å². The van der Waals surface area contributed by atoms with Crippen molar-refractivity contribution < 1.29 is 18.3 Å². The Bertz CT molecular complexity index is 879. The summed E-state index contributed by atoms with van der Waals surface area (Å²) in [5.74, 6) is 0. The number of anilines is 1. The lowest BCUT2D eigenvalue weighted by molar-refractivity contribution is -0.137. The summed E-state index contributed by atoms with van der Waals surface area (Å²) in [6.07, 6.45) is 0.515. The van der Waals surface area contributed by atoms with E-state index in [9.17, 15) is 23.1 Å². The number of aliphatic hydroxyl groups is 1. The van der Waals surface area contributed by atoms with Crippen LogP contribution in [0.4, 0.5) is 18.9 Å². The molecule has 5 nitrogen and oxygen atoms in total. The number of halogens is 4. The minimum Gasteiger partial charge on any atom is -0.396 e. The van der Waals surface area contributed by atoms with Crippen LogP contribution in [0.5, 0.6) is 0 Å². The maximum Gasteiger partial charge on any atom is 0.416 e. The van der Waals surface area contributed by atoms with Gasteiger partial charge < -0.3 is 10.4 Å². The van der Waals surface area contributed by atoms with Gasteiger partial charge in [0, 0.05) is 13.2 Å². The van der Waals surface area contributed by atoms with Crippen LogP contribution in [0.2, 0.25) is 5.02 Å². The van der Waals surface area contributed by atoms with E-state index in [1.54, 1.807) is 0 Å². The molecule has 1 heterocycles. The van der Waals surface area contributed by atoms with Crippen molar-refractivity contribution in [3.8, 4) is 5.69 Å². The Hall–Kier alpha value is -2.06. The molecule has 1 aliphatic carbocycles. The Kier molecular flexibility index (Phi) is 5.48. The van der Waals surface area contributed by atoms with Gasteiger partial charge >= 0.3 is 6.18 Å². The van der Waals surface area contributed by atoms with Crippen LogP contribution in [0.3, 0.4) is 0 Å². The van der Waals surface area contributed by atoms with Gasteiger partial charge in [0.25, 0.3) is 5.56 Å². The van der Waals surface area contributed by atoms with Gasteiger partial charge in [-0.3, -0.25) is 4.79 Å². The fourth-order valence-corrected chi connectivity index (χ4v) is 3.46. The van der Waals surface area contributed by atoms with Crippen LogP contribution in [-0.4, -0.2) is 28.0 Å². The van der Waals surface area contributed by atoms with E-state index in [0.29, 0.717) is 18.7 Å². The summed E-state index contributed by atoms with van der Waals surface area (Å²) in [6, 6.07) is 4.34. The second kappa shape index (κ2) is 7.52. The SMILES string of the molecule is O=c1c(Cl)c(NCC2(CCO)CCC2)cnn1-c1cccc(C(F)(F)F)c1. The Morgan fingerprint density at radius 2 is 2.07 bits per heavy atom. The highest BCUT2D eigenvalue weighted by atomic mass is 35.5. The lowest BCUT2D eigenvalue weighted by Crippen LogP contribution is -2.37. The first-order chi connectivity index (χ1) is 12.8. The number of nitrogens with one attached hydrogen (secondary N) is 1. The number of aliphatic hydroxyl groups excluding tert-OH is 1. The van der Waals surface area contributed by atoms with Crippen LogP contribution in [0.1, 0.15) is 31.2 Å². The second-order valence-corrected chi connectivity index (χ2v) is 7.20. The molecule has 0 unspecified atom stereocenters. The molecular formula is C18H19ClF3N3O2. The van der Waals surface area contributed by atoms with E-state index in [1.165, 1.54) is 18.3 Å². The molecule has 1 aromatic heterocycles. The van der Waals surface area contributed by atoms with Crippen LogP contribution in [-0.2, 0) is 6.18 Å². The summed E-state index contributed by atoms with van der Waals surface area (Å²) < 4.78 is 39.5. The number of alkyl halides is 3. The molecule has 27 heavy (non-hydrogen) atoms. The topological polar surface area (TPSA) is 67.2 Å². The van der Waals surface area contributed by atoms with E-state index in [4.69, 9.17) is 11.6 Å². The third kappa shape index (κ3) is 4.11. The number of aromatic nitrogens is 2. The van der Waals surface area contributed by atoms with E-state index in [2.05, 4.69) is 10.4 Å². The average molecular weight is 402 g/mol. The number of hydrogen-bond acceptors (Lipinski definition) is 4. The lowest BCUT2D eigenvalue weighted by atomic mass is 9.67. The van der Waals surface area contributed by atoms with Crippen molar-refractivity contribution in [3.63, 3.8) is 0 Å². The van der Waals surface area contributed by atoms with Gasteiger partial charge in [-0.05, 0) is 42.9 Å². The molecular weight excluding hydrogens is 383 g/mol. The zero-order chi connectivity index (χ0) is 19.7. The van der Waals surface area contributed by atoms with Crippen molar-refractivity contribution in [3.05, 3.63) is 51.4 Å². The smallest absolute Gasteiger partial charge is 0.396 e. The van der Waals surface area contributed by atoms with Gasteiger partial charge in [-0.25, -0.2) is 0 Å². The predicted octanol–water partition coefficient (Wildman–Crippen LogP) is 3.87. The third-order valence-electron chi connectivity index (χ3n) is 5.05. The molecule has 0 amide bonds. The van der Waals surface area contributed by atoms with E-state index in [1.807, 2.05) is 0 Å². The molecule has 9 heteroatoms. The fraction of sp³-hybridized carbons (Fsp3) is 0.444. The highest BCUT2D eigenvalue weighted by Gasteiger charge is 2.36. The summed E-state index contributed by atoms with van der Waals surface area (Å²) in [5.41, 5.74) is -1.28. The van der Waals surface area contributed by atoms with Gasteiger partial charge in [-0.1, -0.05) is 24.1 Å². The van der Waals surface area contributed by atoms with Gasteiger partial charge in [-0.15, -0.1) is 0 Å². The largest absolute Gasteiger partial charge is 0.416 e. The number of nitrogens with zero attached hydrogens (tertiary/aromatic N) is 2. The quantitative estimate of drug-likeness (QED) is 0.771. The molecule has 0 bridgehead atoms. The molecule has 1 aromatic carbocycles. The lowest BCUT2D eigenvalue weighted by Gasteiger charge is -2.42. The van der Waals surface area contributed by atoms with E-state index < -0.39 is 17.3 Å². The molecule has 0 aliphatic heterocycles. The average Bonchev–Trinajstić information content (AvgIpc) is 2.60. The van der Waals surface area contributed by atoms with Crippen LogP contribution >= 0.6 is 11.6 Å². The van der Waals surface area contributed by atoms with Crippen LogP contribution in [0, 0.1) is 5.41 Å². The third-order valence-corrected chi connectivity index (χ3v) is 5.41. The summed E-state index contributed by atoms with van der Waals surface area (Å²) >= 11 is 6.14. The number of hydrogen-bond donors (Lipinski definition) is 2. The highest BCUT2D eigenvalue weighted by Crippen LogP contribution is 2.43. The molecule has 0 saturated heterocycles. The highest BCUT2D eigenvalue weighted by molar-refractivity contribution is 6.32. The first kappa shape index (κ1) is 19.7. The van der Waals surface area contributed by atoms with Crippen molar-refractivity contribution in [1.82, 2.24) is 9.78 Å². The zero-order valence-corrected chi connectivity index (χ0v) is 15.1. The number of benzene rings is 1. The molecule has 0 atom stereocenters. The second-order valence-electron chi connectivity index (χ2n) is 6.82. The van der Waals surface area contributed by atoms with E-state index in [-0.39, 0.29) is 22.7 Å². The van der Waals surface area contributed by atoms with Gasteiger partial charge in [0.1, 0.15) is 5.02 Å². The molecule has 3 rings (SSSR count).